The third-order valence-corrected chi connectivity index (χ3v) is 4.65. The van der Waals surface area contributed by atoms with Crippen LogP contribution in [0.1, 0.15) is 48.7 Å². The van der Waals surface area contributed by atoms with Gasteiger partial charge in [-0.15, -0.1) is 0 Å². The van der Waals surface area contributed by atoms with E-state index in [0.717, 1.165) is 18.5 Å². The molecule has 1 amide bonds. The first-order chi connectivity index (χ1) is 11.8. The van der Waals surface area contributed by atoms with Gasteiger partial charge in [-0.25, -0.2) is 0 Å². The van der Waals surface area contributed by atoms with E-state index in [1.54, 1.807) is 4.90 Å². The van der Waals surface area contributed by atoms with Gasteiger partial charge in [0.15, 0.2) is 0 Å². The van der Waals surface area contributed by atoms with E-state index in [-0.39, 0.29) is 16.9 Å². The number of carbonyl (C=O) groups excluding carboxylic acids is 1. The summed E-state index contributed by atoms with van der Waals surface area (Å²) in [6.45, 7) is 7.21. The smallest absolute Gasteiger partial charge is 0.263 e. The number of fused-ring (bicyclic) bond motifs is 1. The summed E-state index contributed by atoms with van der Waals surface area (Å²) in [4.78, 5) is 28.9. The predicted molar refractivity (Wildman–Crippen MR) is 98.8 cm³/mol. The first-order valence-corrected chi connectivity index (χ1v) is 8.53. The van der Waals surface area contributed by atoms with Crippen molar-refractivity contribution in [1.82, 2.24) is 4.98 Å². The highest BCUT2D eigenvalue weighted by Crippen LogP contribution is 2.33. The number of hydrogen-bond acceptors (Lipinski definition) is 3. The summed E-state index contributed by atoms with van der Waals surface area (Å²) in [5, 5.41) is 0. The van der Waals surface area contributed by atoms with Crippen LogP contribution >= 0.6 is 0 Å². The second-order valence-corrected chi connectivity index (χ2v) is 7.43. The molecule has 1 aliphatic rings. The molecule has 0 fully saturated rings. The number of nitrogens with one attached hydrogen (secondary N) is 1. The molecule has 1 aliphatic heterocycles. The van der Waals surface area contributed by atoms with Gasteiger partial charge in [0, 0.05) is 24.5 Å². The molecule has 3 rings (SSSR count). The Morgan fingerprint density at radius 2 is 2.00 bits per heavy atom. The number of pyridine rings is 1. The normalized spacial score (nSPS) is 14.2. The van der Waals surface area contributed by atoms with Crippen LogP contribution in [0.15, 0.2) is 35.3 Å². The quantitative estimate of drug-likeness (QED) is 0.912. The zero-order valence-corrected chi connectivity index (χ0v) is 15.2. The second kappa shape index (κ2) is 6.39. The van der Waals surface area contributed by atoms with Crippen LogP contribution in [0, 0.1) is 0 Å². The van der Waals surface area contributed by atoms with Crippen molar-refractivity contribution in [2.75, 3.05) is 18.6 Å². The first kappa shape index (κ1) is 17.3. The molecule has 0 unspecified atom stereocenters. The highest BCUT2D eigenvalue weighted by molar-refractivity contribution is 6.08. The monoisotopic (exact) mass is 340 g/mol. The molecule has 0 atom stereocenters. The minimum absolute atomic E-state index is 0.0729. The number of aromatic nitrogens is 1. The fourth-order valence-electron chi connectivity index (χ4n) is 3.21. The number of aryl methyl sites for hydroxylation is 1. The van der Waals surface area contributed by atoms with E-state index in [1.807, 2.05) is 6.07 Å². The van der Waals surface area contributed by atoms with Gasteiger partial charge in [-0.05, 0) is 35.4 Å². The maximum absolute atomic E-state index is 13.1. The lowest BCUT2D eigenvalue weighted by Crippen LogP contribution is -2.36. The van der Waals surface area contributed by atoms with Crippen molar-refractivity contribution >= 4 is 11.6 Å². The van der Waals surface area contributed by atoms with Crippen LogP contribution < -0.4 is 15.2 Å². The van der Waals surface area contributed by atoms with Gasteiger partial charge >= 0.3 is 0 Å². The maximum atomic E-state index is 13.1. The molecule has 1 aromatic carbocycles. The lowest BCUT2D eigenvalue weighted by Gasteiger charge is -2.31. The number of anilines is 1. The zero-order valence-electron chi connectivity index (χ0n) is 15.2. The van der Waals surface area contributed by atoms with Gasteiger partial charge in [-0.2, -0.15) is 0 Å². The lowest BCUT2D eigenvalue weighted by molar-refractivity contribution is 0.0981. The fourth-order valence-corrected chi connectivity index (χ4v) is 3.21. The predicted octanol–water partition coefficient (Wildman–Crippen LogP) is 3.27. The number of rotatable bonds is 2. The Balaban J connectivity index is 2.01. The van der Waals surface area contributed by atoms with Crippen molar-refractivity contribution < 1.29 is 9.53 Å². The standard InChI is InChI=1S/C20H24N2O3/c1-20(2,3)14-7-8-16-13(10-14)6-5-9-22(16)19(24)15-12-21-18(23)11-17(15)25-4/h7-8,10-12H,5-6,9H2,1-4H3,(H,21,23). The van der Waals surface area contributed by atoms with Crippen LogP contribution in [0.3, 0.4) is 0 Å². The Morgan fingerprint density at radius 3 is 2.68 bits per heavy atom. The van der Waals surface area contributed by atoms with Crippen LogP contribution in [0.5, 0.6) is 5.75 Å². The van der Waals surface area contributed by atoms with E-state index < -0.39 is 0 Å². The molecular weight excluding hydrogens is 316 g/mol. The van der Waals surface area contributed by atoms with E-state index in [0.29, 0.717) is 17.9 Å². The Kier molecular flexibility index (Phi) is 4.41. The molecule has 1 N–H and O–H groups in total. The number of benzene rings is 1. The van der Waals surface area contributed by atoms with Gasteiger partial charge < -0.3 is 14.6 Å². The maximum Gasteiger partial charge on any atom is 0.263 e. The second-order valence-electron chi connectivity index (χ2n) is 7.43. The van der Waals surface area contributed by atoms with E-state index in [4.69, 9.17) is 4.74 Å². The molecule has 0 spiro atoms. The first-order valence-electron chi connectivity index (χ1n) is 8.53. The number of nitrogens with zero attached hydrogens (tertiary/aromatic N) is 1. The van der Waals surface area contributed by atoms with Gasteiger partial charge in [0.2, 0.25) is 0 Å². The van der Waals surface area contributed by atoms with Gasteiger partial charge in [-0.1, -0.05) is 32.9 Å². The lowest BCUT2D eigenvalue weighted by atomic mass is 9.84. The van der Waals surface area contributed by atoms with E-state index >= 15 is 0 Å². The van der Waals surface area contributed by atoms with Crippen molar-refractivity contribution in [2.45, 2.75) is 39.0 Å². The summed E-state index contributed by atoms with van der Waals surface area (Å²) in [6.07, 6.45) is 3.31. The molecule has 132 valence electrons. The summed E-state index contributed by atoms with van der Waals surface area (Å²) in [5.74, 6) is 0.143. The summed E-state index contributed by atoms with van der Waals surface area (Å²) < 4.78 is 5.22. The molecule has 0 radical (unpaired) electrons. The molecule has 25 heavy (non-hydrogen) atoms. The van der Waals surface area contributed by atoms with Crippen molar-refractivity contribution in [1.29, 1.82) is 0 Å². The molecule has 5 nitrogen and oxygen atoms in total. The third-order valence-electron chi connectivity index (χ3n) is 4.65. The molecule has 5 heteroatoms. The number of H-pyrrole nitrogens is 1. The minimum Gasteiger partial charge on any atom is -0.496 e. The van der Waals surface area contributed by atoms with Crippen LogP contribution in [-0.4, -0.2) is 24.5 Å². The summed E-state index contributed by atoms with van der Waals surface area (Å²) in [5.41, 5.74) is 3.55. The van der Waals surface area contributed by atoms with Crippen LogP contribution in [0.2, 0.25) is 0 Å². The van der Waals surface area contributed by atoms with Crippen molar-refractivity contribution in [3.8, 4) is 5.75 Å². The SMILES string of the molecule is COc1cc(=O)[nH]cc1C(=O)N1CCCc2cc(C(C)(C)C)ccc21. The third kappa shape index (κ3) is 3.31. The average Bonchev–Trinajstić information content (AvgIpc) is 2.59. The van der Waals surface area contributed by atoms with Crippen molar-refractivity contribution in [3.05, 3.63) is 57.5 Å². The van der Waals surface area contributed by atoms with Crippen LogP contribution in [0.4, 0.5) is 5.69 Å². The minimum atomic E-state index is -0.290. The number of aromatic amines is 1. The number of ether oxygens (including phenoxy) is 1. The molecule has 0 saturated carbocycles. The largest absolute Gasteiger partial charge is 0.496 e. The van der Waals surface area contributed by atoms with E-state index in [1.165, 1.54) is 30.5 Å². The highest BCUT2D eigenvalue weighted by Gasteiger charge is 2.27. The molecule has 0 bridgehead atoms. The van der Waals surface area contributed by atoms with Gasteiger partial charge in [0.25, 0.3) is 11.5 Å². The van der Waals surface area contributed by atoms with Crippen LogP contribution in [-0.2, 0) is 11.8 Å². The number of hydrogen-bond donors (Lipinski definition) is 1. The number of carbonyl (C=O) groups is 1. The average molecular weight is 340 g/mol. The number of amides is 1. The van der Waals surface area contributed by atoms with Gasteiger partial charge in [-0.3, -0.25) is 9.59 Å². The Labute approximate surface area is 147 Å². The summed E-state index contributed by atoms with van der Waals surface area (Å²) in [6, 6.07) is 7.64. The van der Waals surface area contributed by atoms with E-state index in [2.05, 4.69) is 37.9 Å². The topological polar surface area (TPSA) is 62.4 Å². The Morgan fingerprint density at radius 1 is 1.24 bits per heavy atom. The molecule has 1 aromatic heterocycles. The molecule has 2 aromatic rings. The van der Waals surface area contributed by atoms with Gasteiger partial charge in [0.1, 0.15) is 5.75 Å². The van der Waals surface area contributed by atoms with Gasteiger partial charge in [0.05, 0.1) is 12.7 Å². The highest BCUT2D eigenvalue weighted by atomic mass is 16.5. The number of methoxy groups -OCH3 is 1. The molecular formula is C20H24N2O3. The molecule has 0 aliphatic carbocycles. The Bertz CT molecular complexity index is 862. The zero-order chi connectivity index (χ0) is 18.2. The van der Waals surface area contributed by atoms with E-state index in [9.17, 15) is 9.59 Å². The van der Waals surface area contributed by atoms with Crippen LogP contribution in [0.25, 0.3) is 0 Å². The van der Waals surface area contributed by atoms with Crippen molar-refractivity contribution in [2.24, 2.45) is 0 Å². The molecule has 0 saturated heterocycles. The summed E-state index contributed by atoms with van der Waals surface area (Å²) >= 11 is 0. The van der Waals surface area contributed by atoms with Crippen molar-refractivity contribution in [3.63, 3.8) is 0 Å². The summed E-state index contributed by atoms with van der Waals surface area (Å²) in [7, 11) is 1.46. The fraction of sp³-hybridized carbons (Fsp3) is 0.400. The molecule has 2 heterocycles. The Hall–Kier alpha value is -2.56.